The molecule has 0 saturated carbocycles. The molecule has 0 fully saturated rings. The molecular weight excluding hydrogens is 432 g/mol. The molecule has 0 bridgehead atoms. The summed E-state index contributed by atoms with van der Waals surface area (Å²) in [4.78, 5) is 39.7. The molecule has 0 aliphatic carbocycles. The van der Waals surface area contributed by atoms with Crippen molar-refractivity contribution in [2.24, 2.45) is 0 Å². The summed E-state index contributed by atoms with van der Waals surface area (Å²) < 4.78 is 0. The lowest BCUT2D eigenvalue weighted by atomic mass is 10.1. The van der Waals surface area contributed by atoms with Gasteiger partial charge in [0.15, 0.2) is 5.13 Å². The largest absolute Gasteiger partial charge is 0.326 e. The van der Waals surface area contributed by atoms with E-state index in [9.17, 15) is 14.4 Å². The predicted octanol–water partition coefficient (Wildman–Crippen LogP) is 4.39. The van der Waals surface area contributed by atoms with Gasteiger partial charge in [0.05, 0.1) is 17.2 Å². The van der Waals surface area contributed by atoms with Crippen LogP contribution in [0, 0.1) is 6.92 Å². The van der Waals surface area contributed by atoms with Gasteiger partial charge in [-0.2, -0.15) is 0 Å². The van der Waals surface area contributed by atoms with E-state index in [0.717, 1.165) is 22.5 Å². The third-order valence-corrected chi connectivity index (χ3v) is 5.74. The Balaban J connectivity index is 1.43. The summed E-state index contributed by atoms with van der Waals surface area (Å²) >= 11 is 2.57. The number of rotatable bonds is 8. The third-order valence-electron chi connectivity index (χ3n) is 4.05. The van der Waals surface area contributed by atoms with E-state index in [4.69, 9.17) is 0 Å². The average molecular weight is 455 g/mol. The van der Waals surface area contributed by atoms with Gasteiger partial charge >= 0.3 is 0 Å². The second kappa shape index (κ2) is 10.7. The van der Waals surface area contributed by atoms with Gasteiger partial charge in [-0.15, -0.1) is 23.1 Å². The summed E-state index contributed by atoms with van der Waals surface area (Å²) in [6, 6.07) is 14.9. The number of carbonyl (C=O) groups is 3. The van der Waals surface area contributed by atoms with E-state index in [1.165, 1.54) is 30.0 Å². The van der Waals surface area contributed by atoms with Crippen LogP contribution in [0.15, 0.2) is 53.9 Å². The fraction of sp³-hybridized carbons (Fsp3) is 0.182. The Kier molecular flexibility index (Phi) is 7.80. The van der Waals surface area contributed by atoms with E-state index in [0.29, 0.717) is 10.8 Å². The minimum absolute atomic E-state index is 0.128. The molecule has 3 aromatic rings. The van der Waals surface area contributed by atoms with E-state index in [1.807, 2.05) is 48.7 Å². The Hall–Kier alpha value is -3.17. The van der Waals surface area contributed by atoms with Crippen LogP contribution in [0.5, 0.6) is 0 Å². The summed E-state index contributed by atoms with van der Waals surface area (Å²) in [5, 5.41) is 10.6. The van der Waals surface area contributed by atoms with Crippen molar-refractivity contribution in [2.45, 2.75) is 13.8 Å². The zero-order valence-corrected chi connectivity index (χ0v) is 18.7. The van der Waals surface area contributed by atoms with E-state index in [1.54, 1.807) is 12.1 Å². The van der Waals surface area contributed by atoms with Gasteiger partial charge in [0.25, 0.3) is 0 Å². The van der Waals surface area contributed by atoms with Gasteiger partial charge in [-0.1, -0.05) is 29.8 Å². The molecule has 2 aromatic carbocycles. The minimum Gasteiger partial charge on any atom is -0.326 e. The van der Waals surface area contributed by atoms with Crippen molar-refractivity contribution in [1.29, 1.82) is 0 Å². The monoisotopic (exact) mass is 454 g/mol. The number of carbonyl (C=O) groups excluding carboxylic acids is 3. The molecule has 160 valence electrons. The van der Waals surface area contributed by atoms with Crippen molar-refractivity contribution >= 4 is 57.3 Å². The van der Waals surface area contributed by atoms with Gasteiger partial charge in [-0.05, 0) is 31.2 Å². The zero-order chi connectivity index (χ0) is 22.2. The van der Waals surface area contributed by atoms with Crippen LogP contribution in [0.2, 0.25) is 0 Å². The van der Waals surface area contributed by atoms with Crippen LogP contribution in [-0.4, -0.2) is 34.2 Å². The third kappa shape index (κ3) is 7.23. The number of amides is 3. The number of anilines is 3. The number of thiazole rings is 1. The zero-order valence-electron chi connectivity index (χ0n) is 17.1. The maximum atomic E-state index is 12.1. The summed E-state index contributed by atoms with van der Waals surface area (Å²) in [6.45, 7) is 3.44. The number of benzene rings is 2. The number of thioether (sulfide) groups is 1. The van der Waals surface area contributed by atoms with Crippen molar-refractivity contribution in [3.63, 3.8) is 0 Å². The second-order valence-corrected chi connectivity index (χ2v) is 8.60. The van der Waals surface area contributed by atoms with Crippen LogP contribution in [0.1, 0.15) is 12.5 Å². The standard InChI is InChI=1S/C22H22N4O3S2/c1-14-3-7-18(8-4-14)24-20(28)12-30-13-21(29)26-22-25-19(11-31-22)16-5-9-17(10-6-16)23-15(2)27/h3-11H,12-13H2,1-2H3,(H,23,27)(H,24,28)(H,25,26,29). The van der Waals surface area contributed by atoms with E-state index in [-0.39, 0.29) is 29.2 Å². The van der Waals surface area contributed by atoms with Gasteiger partial charge in [0.1, 0.15) is 0 Å². The minimum atomic E-state index is -0.213. The topological polar surface area (TPSA) is 100 Å². The quantitative estimate of drug-likeness (QED) is 0.469. The number of hydrogen-bond acceptors (Lipinski definition) is 6. The van der Waals surface area contributed by atoms with Crippen molar-refractivity contribution in [1.82, 2.24) is 4.98 Å². The van der Waals surface area contributed by atoms with E-state index < -0.39 is 0 Å². The first-order valence-electron chi connectivity index (χ1n) is 9.47. The molecule has 3 N–H and O–H groups in total. The highest BCUT2D eigenvalue weighted by atomic mass is 32.2. The summed E-state index contributed by atoms with van der Waals surface area (Å²) in [5.41, 5.74) is 4.19. The predicted molar refractivity (Wildman–Crippen MR) is 128 cm³/mol. The molecule has 3 rings (SSSR count). The van der Waals surface area contributed by atoms with Crippen LogP contribution in [0.3, 0.4) is 0 Å². The molecule has 3 amide bonds. The molecule has 0 atom stereocenters. The molecule has 31 heavy (non-hydrogen) atoms. The number of nitrogens with one attached hydrogen (secondary N) is 3. The molecular formula is C22H22N4O3S2. The first-order valence-corrected chi connectivity index (χ1v) is 11.5. The molecule has 0 aliphatic heterocycles. The Morgan fingerprint density at radius 2 is 1.45 bits per heavy atom. The SMILES string of the molecule is CC(=O)Nc1ccc(-c2csc(NC(=O)CSCC(=O)Nc3ccc(C)cc3)n2)cc1. The smallest absolute Gasteiger partial charge is 0.236 e. The molecule has 0 saturated heterocycles. The number of nitrogens with zero attached hydrogens (tertiary/aromatic N) is 1. The van der Waals surface area contributed by atoms with Gasteiger partial charge in [-0.25, -0.2) is 4.98 Å². The van der Waals surface area contributed by atoms with Gasteiger partial charge in [0, 0.05) is 29.2 Å². The molecule has 0 spiro atoms. The fourth-order valence-electron chi connectivity index (χ4n) is 2.62. The molecule has 9 heteroatoms. The molecule has 0 unspecified atom stereocenters. The average Bonchev–Trinajstić information content (AvgIpc) is 3.18. The second-order valence-electron chi connectivity index (χ2n) is 6.75. The highest BCUT2D eigenvalue weighted by Gasteiger charge is 2.10. The summed E-state index contributed by atoms with van der Waals surface area (Å²) in [5.74, 6) is -0.153. The normalized spacial score (nSPS) is 10.4. The first-order chi connectivity index (χ1) is 14.9. The molecule has 1 aromatic heterocycles. The summed E-state index contributed by atoms with van der Waals surface area (Å²) in [7, 11) is 0. The van der Waals surface area contributed by atoms with Crippen LogP contribution < -0.4 is 16.0 Å². The maximum absolute atomic E-state index is 12.1. The Labute approximate surface area is 188 Å². The van der Waals surface area contributed by atoms with Gasteiger partial charge in [-0.3, -0.25) is 14.4 Å². The maximum Gasteiger partial charge on any atom is 0.236 e. The van der Waals surface area contributed by atoms with Gasteiger partial charge in [0.2, 0.25) is 17.7 Å². The van der Waals surface area contributed by atoms with Crippen molar-refractivity contribution in [3.8, 4) is 11.3 Å². The Morgan fingerprint density at radius 1 is 0.871 bits per heavy atom. The molecule has 0 radical (unpaired) electrons. The Morgan fingerprint density at radius 3 is 2.10 bits per heavy atom. The van der Waals surface area contributed by atoms with Crippen molar-refractivity contribution in [3.05, 3.63) is 59.5 Å². The van der Waals surface area contributed by atoms with Crippen molar-refractivity contribution < 1.29 is 14.4 Å². The fourth-order valence-corrected chi connectivity index (χ4v) is 3.97. The highest BCUT2D eigenvalue weighted by Crippen LogP contribution is 2.26. The summed E-state index contributed by atoms with van der Waals surface area (Å²) in [6.07, 6.45) is 0. The lowest BCUT2D eigenvalue weighted by Crippen LogP contribution is -2.18. The van der Waals surface area contributed by atoms with Crippen LogP contribution in [0.4, 0.5) is 16.5 Å². The Bertz CT molecular complexity index is 1060. The van der Waals surface area contributed by atoms with Crippen LogP contribution >= 0.6 is 23.1 Å². The molecule has 1 heterocycles. The number of hydrogen-bond donors (Lipinski definition) is 3. The molecule has 7 nitrogen and oxygen atoms in total. The lowest BCUT2D eigenvalue weighted by Gasteiger charge is -2.05. The van der Waals surface area contributed by atoms with Crippen molar-refractivity contribution in [2.75, 3.05) is 27.5 Å². The highest BCUT2D eigenvalue weighted by molar-refractivity contribution is 8.00. The number of aryl methyl sites for hydroxylation is 1. The van der Waals surface area contributed by atoms with Crippen LogP contribution in [0.25, 0.3) is 11.3 Å². The van der Waals surface area contributed by atoms with E-state index in [2.05, 4.69) is 20.9 Å². The first kappa shape index (κ1) is 22.5. The van der Waals surface area contributed by atoms with Crippen LogP contribution in [-0.2, 0) is 14.4 Å². The van der Waals surface area contributed by atoms with Gasteiger partial charge < -0.3 is 16.0 Å². The molecule has 0 aliphatic rings. The number of aromatic nitrogens is 1. The van der Waals surface area contributed by atoms with E-state index >= 15 is 0 Å². The lowest BCUT2D eigenvalue weighted by molar-refractivity contribution is -0.115.